The molecule has 1 nitrogen and oxygen atoms in total. The number of nitrogens with zero attached hydrogens (tertiary/aromatic N) is 1. The van der Waals surface area contributed by atoms with Crippen molar-refractivity contribution >= 4 is 10.2 Å². The lowest BCUT2D eigenvalue weighted by molar-refractivity contribution is -0.903. The van der Waals surface area contributed by atoms with Gasteiger partial charge in [0.25, 0.3) is 0 Å². The van der Waals surface area contributed by atoms with E-state index in [-0.39, 0.29) is 0 Å². The van der Waals surface area contributed by atoms with Gasteiger partial charge >= 0.3 is 0 Å². The second-order valence-corrected chi connectivity index (χ2v) is 5.97. The smallest absolute Gasteiger partial charge is 0.104 e. The number of benzene rings is 1. The first-order chi connectivity index (χ1) is 8.14. The average Bonchev–Trinajstić information content (AvgIpc) is 2.29. The summed E-state index contributed by atoms with van der Waals surface area (Å²) >= 11 is 0. The Morgan fingerprint density at radius 1 is 0.941 bits per heavy atom. The molecule has 0 spiro atoms. The number of unbranched alkanes of at least 4 members (excludes halogenated alkanes) is 3. The predicted octanol–water partition coefficient (Wildman–Crippen LogP) is 3.41. The number of hydrogen-bond acceptors (Lipinski definition) is 0. The average molecular weight is 247 g/mol. The maximum Gasteiger partial charge on any atom is 0.104 e. The van der Waals surface area contributed by atoms with Gasteiger partial charge < -0.3 is 4.48 Å². The van der Waals surface area contributed by atoms with Crippen LogP contribution in [0.2, 0.25) is 6.04 Å². The lowest BCUT2D eigenvalue weighted by Gasteiger charge is -2.30. The van der Waals surface area contributed by atoms with E-state index in [4.69, 9.17) is 0 Å². The van der Waals surface area contributed by atoms with Gasteiger partial charge in [0.05, 0.1) is 20.6 Å². The molecule has 0 aliphatic carbocycles. The number of rotatable bonds is 8. The van der Waals surface area contributed by atoms with Crippen LogP contribution in [0.4, 0.5) is 0 Å². The first kappa shape index (κ1) is 14.5. The minimum atomic E-state index is 1.10. The van der Waals surface area contributed by atoms with Crippen molar-refractivity contribution in [3.8, 4) is 0 Å². The molecular weight excluding hydrogens is 222 g/mol. The highest BCUT2D eigenvalue weighted by Crippen LogP contribution is 2.12. The molecule has 0 atom stereocenters. The molecule has 0 heterocycles. The Labute approximate surface area is 110 Å². The van der Waals surface area contributed by atoms with Gasteiger partial charge in [-0.3, -0.25) is 0 Å². The SMILES string of the molecule is C[N+](C)(CCCCCC[Si])Cc1ccccc1. The molecule has 17 heavy (non-hydrogen) atoms. The van der Waals surface area contributed by atoms with Crippen LogP contribution in [0.15, 0.2) is 30.3 Å². The van der Waals surface area contributed by atoms with E-state index in [0.717, 1.165) is 17.1 Å². The number of hydrogen-bond donors (Lipinski definition) is 0. The van der Waals surface area contributed by atoms with Crippen molar-refractivity contribution in [3.63, 3.8) is 0 Å². The highest BCUT2D eigenvalue weighted by molar-refractivity contribution is 6.08. The summed E-state index contributed by atoms with van der Waals surface area (Å²) in [6, 6.07) is 11.9. The Morgan fingerprint density at radius 3 is 2.24 bits per heavy atom. The normalized spacial score (nSPS) is 11.7. The molecule has 0 amide bonds. The zero-order chi connectivity index (χ0) is 12.6. The Balaban J connectivity index is 2.26. The van der Waals surface area contributed by atoms with E-state index in [1.807, 2.05) is 0 Å². The van der Waals surface area contributed by atoms with Crippen LogP contribution >= 0.6 is 0 Å². The van der Waals surface area contributed by atoms with Crippen LogP contribution in [0.25, 0.3) is 0 Å². The molecule has 0 aliphatic rings. The lowest BCUT2D eigenvalue weighted by Crippen LogP contribution is -2.39. The summed E-state index contributed by atoms with van der Waals surface area (Å²) < 4.78 is 1.10. The monoisotopic (exact) mass is 247 g/mol. The fourth-order valence-electron chi connectivity index (χ4n) is 2.18. The van der Waals surface area contributed by atoms with Crippen molar-refractivity contribution in [1.29, 1.82) is 0 Å². The third-order valence-electron chi connectivity index (χ3n) is 3.14. The van der Waals surface area contributed by atoms with Crippen LogP contribution in [0, 0.1) is 0 Å². The first-order valence-corrected chi connectivity index (χ1v) is 7.35. The van der Waals surface area contributed by atoms with Crippen LogP contribution in [-0.2, 0) is 6.54 Å². The van der Waals surface area contributed by atoms with E-state index >= 15 is 0 Å². The molecule has 0 saturated heterocycles. The van der Waals surface area contributed by atoms with Crippen LogP contribution < -0.4 is 0 Å². The van der Waals surface area contributed by atoms with Crippen molar-refractivity contribution in [2.24, 2.45) is 0 Å². The van der Waals surface area contributed by atoms with Gasteiger partial charge in [-0.1, -0.05) is 49.2 Å². The van der Waals surface area contributed by atoms with Crippen LogP contribution in [0.1, 0.15) is 31.2 Å². The molecule has 0 bridgehead atoms. The maximum atomic E-state index is 3.53. The van der Waals surface area contributed by atoms with Crippen molar-refractivity contribution in [3.05, 3.63) is 35.9 Å². The standard InChI is InChI=1S/C15H25NSi/c1-16(2,12-8-3-4-9-13-17)14-15-10-6-5-7-11-15/h5-7,10-11H,3-4,8-9,12-14H2,1-2H3/q+1. The predicted molar refractivity (Wildman–Crippen MR) is 76.2 cm³/mol. The molecule has 0 aromatic heterocycles. The van der Waals surface area contributed by atoms with E-state index in [2.05, 4.69) is 54.7 Å². The van der Waals surface area contributed by atoms with E-state index < -0.39 is 0 Å². The van der Waals surface area contributed by atoms with Crippen molar-refractivity contribution in [1.82, 2.24) is 0 Å². The Morgan fingerprint density at radius 2 is 1.59 bits per heavy atom. The molecule has 0 saturated carbocycles. The molecule has 1 rings (SSSR count). The highest BCUT2D eigenvalue weighted by Gasteiger charge is 2.14. The lowest BCUT2D eigenvalue weighted by atomic mass is 10.1. The minimum Gasteiger partial charge on any atom is -0.325 e. The fourth-order valence-corrected chi connectivity index (χ4v) is 2.43. The van der Waals surface area contributed by atoms with E-state index in [0.29, 0.717) is 0 Å². The second kappa shape index (κ2) is 7.67. The van der Waals surface area contributed by atoms with Gasteiger partial charge in [-0.05, 0) is 12.8 Å². The quantitative estimate of drug-likeness (QED) is 0.375. The molecule has 0 N–H and O–H groups in total. The summed E-state index contributed by atoms with van der Waals surface area (Å²) in [4.78, 5) is 0. The zero-order valence-corrected chi connectivity index (χ0v) is 12.3. The van der Waals surface area contributed by atoms with Crippen molar-refractivity contribution < 1.29 is 4.48 Å². The Bertz CT molecular complexity index is 295. The first-order valence-electron chi connectivity index (χ1n) is 6.64. The molecule has 1 aromatic carbocycles. The van der Waals surface area contributed by atoms with Crippen LogP contribution in [0.5, 0.6) is 0 Å². The fraction of sp³-hybridized carbons (Fsp3) is 0.600. The van der Waals surface area contributed by atoms with Gasteiger partial charge in [0, 0.05) is 15.8 Å². The highest BCUT2D eigenvalue weighted by atomic mass is 28.1. The zero-order valence-electron chi connectivity index (χ0n) is 11.3. The minimum absolute atomic E-state index is 1.10. The molecule has 0 aliphatic heterocycles. The molecule has 2 heteroatoms. The van der Waals surface area contributed by atoms with E-state index in [1.54, 1.807) is 0 Å². The van der Waals surface area contributed by atoms with Gasteiger partial charge in [0.1, 0.15) is 6.54 Å². The van der Waals surface area contributed by atoms with Crippen molar-refractivity contribution in [2.45, 2.75) is 38.3 Å². The van der Waals surface area contributed by atoms with Crippen LogP contribution in [-0.4, -0.2) is 35.4 Å². The Hall–Kier alpha value is -0.603. The number of quaternary nitrogens is 1. The van der Waals surface area contributed by atoms with Gasteiger partial charge in [-0.15, -0.1) is 0 Å². The summed E-state index contributed by atoms with van der Waals surface area (Å²) in [7, 11) is 8.19. The van der Waals surface area contributed by atoms with Gasteiger partial charge in [-0.25, -0.2) is 0 Å². The molecule has 0 unspecified atom stereocenters. The summed E-state index contributed by atoms with van der Waals surface area (Å²) in [5.74, 6) is 0. The molecule has 0 fully saturated rings. The third kappa shape index (κ3) is 6.64. The molecular formula is C15H25NSi+. The van der Waals surface area contributed by atoms with E-state index in [9.17, 15) is 0 Å². The third-order valence-corrected chi connectivity index (χ3v) is 3.50. The summed E-state index contributed by atoms with van der Waals surface area (Å²) in [5, 5.41) is 0. The molecule has 1 aromatic rings. The Kier molecular flexibility index (Phi) is 6.52. The summed E-state index contributed by atoms with van der Waals surface area (Å²) in [6.45, 7) is 2.41. The topological polar surface area (TPSA) is 0 Å². The van der Waals surface area contributed by atoms with Crippen molar-refractivity contribution in [2.75, 3.05) is 20.6 Å². The molecule has 3 radical (unpaired) electrons. The van der Waals surface area contributed by atoms with Gasteiger partial charge in [-0.2, -0.15) is 0 Å². The maximum absolute atomic E-state index is 3.53. The van der Waals surface area contributed by atoms with Gasteiger partial charge in [0.2, 0.25) is 0 Å². The van der Waals surface area contributed by atoms with Gasteiger partial charge in [0.15, 0.2) is 0 Å². The van der Waals surface area contributed by atoms with Crippen LogP contribution in [0.3, 0.4) is 0 Å². The largest absolute Gasteiger partial charge is 0.325 e. The summed E-state index contributed by atoms with van der Waals surface area (Å²) in [5.41, 5.74) is 1.44. The van der Waals surface area contributed by atoms with E-state index in [1.165, 1.54) is 37.8 Å². The summed E-state index contributed by atoms with van der Waals surface area (Å²) in [6.07, 6.45) is 5.37. The second-order valence-electron chi connectivity index (χ2n) is 5.47. The molecule has 93 valence electrons.